The molecule has 1 fully saturated rings. The number of rotatable bonds is 3. The Bertz CT molecular complexity index is 383. The molecule has 1 aromatic rings. The van der Waals surface area contributed by atoms with Gasteiger partial charge < -0.3 is 15.2 Å². The van der Waals surface area contributed by atoms with Crippen molar-refractivity contribution in [2.75, 3.05) is 19.8 Å². The van der Waals surface area contributed by atoms with Crippen molar-refractivity contribution >= 4 is 15.9 Å². The summed E-state index contributed by atoms with van der Waals surface area (Å²) in [6, 6.07) is 4.77. The van der Waals surface area contributed by atoms with Crippen molar-refractivity contribution in [1.29, 1.82) is 0 Å². The van der Waals surface area contributed by atoms with Gasteiger partial charge in [-0.25, -0.2) is 4.39 Å². The highest BCUT2D eigenvalue weighted by Gasteiger charge is 2.23. The Labute approximate surface area is 108 Å². The number of halogens is 2. The fourth-order valence-corrected chi connectivity index (χ4v) is 2.27. The molecule has 0 bridgehead atoms. The van der Waals surface area contributed by atoms with Gasteiger partial charge in [0.25, 0.3) is 0 Å². The molecular formula is C12H15BrFNO2. The smallest absolute Gasteiger partial charge is 0.137 e. The van der Waals surface area contributed by atoms with Crippen molar-refractivity contribution in [3.8, 4) is 0 Å². The second-order valence-corrected chi connectivity index (χ2v) is 4.86. The molecule has 0 spiro atoms. The molecule has 1 saturated heterocycles. The molecule has 1 heterocycles. The summed E-state index contributed by atoms with van der Waals surface area (Å²) in [5.41, 5.74) is 6.90. The molecule has 2 unspecified atom stereocenters. The van der Waals surface area contributed by atoms with E-state index in [9.17, 15) is 4.39 Å². The summed E-state index contributed by atoms with van der Waals surface area (Å²) in [4.78, 5) is 0. The van der Waals surface area contributed by atoms with Crippen LogP contribution in [0.25, 0.3) is 0 Å². The molecule has 0 aliphatic carbocycles. The average molecular weight is 304 g/mol. The first-order valence-electron chi connectivity index (χ1n) is 5.56. The number of hydrogen-bond acceptors (Lipinski definition) is 3. The van der Waals surface area contributed by atoms with Gasteiger partial charge in [-0.15, -0.1) is 0 Å². The third-order valence-corrected chi connectivity index (χ3v) is 3.69. The number of benzene rings is 1. The molecule has 0 radical (unpaired) electrons. The molecule has 94 valence electrons. The lowest BCUT2D eigenvalue weighted by atomic mass is 10.0. The topological polar surface area (TPSA) is 44.5 Å². The highest BCUT2D eigenvalue weighted by Crippen LogP contribution is 2.22. The lowest BCUT2D eigenvalue weighted by molar-refractivity contribution is -0.0967. The van der Waals surface area contributed by atoms with Crippen molar-refractivity contribution in [2.45, 2.75) is 18.6 Å². The third kappa shape index (κ3) is 3.25. The van der Waals surface area contributed by atoms with Crippen molar-refractivity contribution in [3.05, 3.63) is 34.1 Å². The largest absolute Gasteiger partial charge is 0.376 e. The van der Waals surface area contributed by atoms with Crippen LogP contribution in [-0.4, -0.2) is 32.0 Å². The Hall–Kier alpha value is -0.490. The molecule has 0 saturated carbocycles. The van der Waals surface area contributed by atoms with Crippen LogP contribution >= 0.6 is 15.9 Å². The van der Waals surface area contributed by atoms with E-state index in [-0.39, 0.29) is 18.0 Å². The van der Waals surface area contributed by atoms with Crippen LogP contribution in [0.3, 0.4) is 0 Å². The minimum atomic E-state index is -0.268. The summed E-state index contributed by atoms with van der Waals surface area (Å²) in [6.45, 7) is 1.70. The van der Waals surface area contributed by atoms with Crippen LogP contribution in [0.5, 0.6) is 0 Å². The molecular weight excluding hydrogens is 289 g/mol. The minimum Gasteiger partial charge on any atom is -0.376 e. The molecule has 2 N–H and O–H groups in total. The van der Waals surface area contributed by atoms with E-state index >= 15 is 0 Å². The maximum Gasteiger partial charge on any atom is 0.137 e. The molecule has 1 aliphatic rings. The highest BCUT2D eigenvalue weighted by atomic mass is 79.9. The lowest BCUT2D eigenvalue weighted by Gasteiger charge is -2.28. The third-order valence-electron chi connectivity index (χ3n) is 2.81. The summed E-state index contributed by atoms with van der Waals surface area (Å²) >= 11 is 3.23. The normalized spacial score (nSPS) is 22.4. The van der Waals surface area contributed by atoms with Crippen molar-refractivity contribution in [3.63, 3.8) is 0 Å². The van der Waals surface area contributed by atoms with Gasteiger partial charge in [0.1, 0.15) is 5.82 Å². The first kappa shape index (κ1) is 13.0. The maximum atomic E-state index is 13.3. The van der Waals surface area contributed by atoms with Crippen LogP contribution in [0.15, 0.2) is 22.7 Å². The predicted molar refractivity (Wildman–Crippen MR) is 66.3 cm³/mol. The van der Waals surface area contributed by atoms with Crippen LogP contribution < -0.4 is 5.73 Å². The van der Waals surface area contributed by atoms with Crippen molar-refractivity contribution in [1.82, 2.24) is 0 Å². The van der Waals surface area contributed by atoms with Crippen LogP contribution in [-0.2, 0) is 15.9 Å². The van der Waals surface area contributed by atoms with Gasteiger partial charge in [-0.3, -0.25) is 0 Å². The number of nitrogens with two attached hydrogens (primary N) is 1. The van der Waals surface area contributed by atoms with E-state index in [1.54, 1.807) is 6.07 Å². The van der Waals surface area contributed by atoms with Gasteiger partial charge in [-0.2, -0.15) is 0 Å². The van der Waals surface area contributed by atoms with Gasteiger partial charge in [0.05, 0.1) is 30.4 Å². The molecule has 0 amide bonds. The van der Waals surface area contributed by atoms with Gasteiger partial charge >= 0.3 is 0 Å². The second-order valence-electron chi connectivity index (χ2n) is 4.07. The number of ether oxygens (including phenoxy) is 2. The van der Waals surface area contributed by atoms with E-state index < -0.39 is 0 Å². The van der Waals surface area contributed by atoms with Crippen molar-refractivity contribution in [2.24, 2.45) is 5.73 Å². The molecule has 2 rings (SSSR count). The van der Waals surface area contributed by atoms with Gasteiger partial charge in [0.2, 0.25) is 0 Å². The quantitative estimate of drug-likeness (QED) is 0.927. The standard InChI is InChI=1S/C12H15BrFNO2/c13-12-8(2-1-3-9(12)14)6-10(15)11-7-16-4-5-17-11/h1-3,10-11H,4-7,15H2. The second kappa shape index (κ2) is 5.91. The van der Waals surface area contributed by atoms with Crippen LogP contribution in [0.1, 0.15) is 5.56 Å². The van der Waals surface area contributed by atoms with E-state index in [0.29, 0.717) is 30.7 Å². The maximum absolute atomic E-state index is 13.3. The zero-order valence-corrected chi connectivity index (χ0v) is 11.0. The first-order chi connectivity index (χ1) is 8.18. The summed E-state index contributed by atoms with van der Waals surface area (Å²) in [7, 11) is 0. The van der Waals surface area contributed by atoms with Crippen LogP contribution in [0, 0.1) is 5.82 Å². The Morgan fingerprint density at radius 3 is 3.00 bits per heavy atom. The predicted octanol–water partition coefficient (Wildman–Crippen LogP) is 1.87. The van der Waals surface area contributed by atoms with E-state index in [4.69, 9.17) is 15.2 Å². The average Bonchev–Trinajstić information content (AvgIpc) is 2.36. The van der Waals surface area contributed by atoms with Gasteiger partial charge in [-0.05, 0) is 34.0 Å². The summed E-state index contributed by atoms with van der Waals surface area (Å²) in [6.07, 6.45) is 0.450. The van der Waals surface area contributed by atoms with Gasteiger partial charge in [-0.1, -0.05) is 12.1 Å². The molecule has 1 aromatic carbocycles. The van der Waals surface area contributed by atoms with E-state index in [1.807, 2.05) is 6.07 Å². The molecule has 17 heavy (non-hydrogen) atoms. The van der Waals surface area contributed by atoms with Crippen LogP contribution in [0.2, 0.25) is 0 Å². The zero-order chi connectivity index (χ0) is 12.3. The van der Waals surface area contributed by atoms with E-state index in [1.165, 1.54) is 6.07 Å². The Balaban J connectivity index is 2.01. The Morgan fingerprint density at radius 2 is 2.29 bits per heavy atom. The minimum absolute atomic E-state index is 0.112. The number of hydrogen-bond donors (Lipinski definition) is 1. The fraction of sp³-hybridized carbons (Fsp3) is 0.500. The van der Waals surface area contributed by atoms with E-state index in [0.717, 1.165) is 5.56 Å². The first-order valence-corrected chi connectivity index (χ1v) is 6.35. The van der Waals surface area contributed by atoms with E-state index in [2.05, 4.69) is 15.9 Å². The molecule has 3 nitrogen and oxygen atoms in total. The molecule has 5 heteroatoms. The zero-order valence-electron chi connectivity index (χ0n) is 9.36. The van der Waals surface area contributed by atoms with Gasteiger partial charge in [0, 0.05) is 6.04 Å². The SMILES string of the molecule is NC(Cc1cccc(F)c1Br)C1COCCO1. The monoisotopic (exact) mass is 303 g/mol. The Morgan fingerprint density at radius 1 is 1.47 bits per heavy atom. The Kier molecular flexibility index (Phi) is 4.50. The van der Waals surface area contributed by atoms with Crippen molar-refractivity contribution < 1.29 is 13.9 Å². The van der Waals surface area contributed by atoms with Crippen LogP contribution in [0.4, 0.5) is 4.39 Å². The molecule has 0 aromatic heterocycles. The summed E-state index contributed by atoms with van der Waals surface area (Å²) < 4.78 is 24.6. The lowest BCUT2D eigenvalue weighted by Crippen LogP contribution is -2.44. The fourth-order valence-electron chi connectivity index (χ4n) is 1.84. The summed E-state index contributed by atoms with van der Waals surface area (Å²) in [5.74, 6) is -0.268. The molecule has 2 atom stereocenters. The summed E-state index contributed by atoms with van der Waals surface area (Å²) in [5, 5.41) is 0. The van der Waals surface area contributed by atoms with Gasteiger partial charge in [0.15, 0.2) is 0 Å². The molecule has 1 aliphatic heterocycles. The highest BCUT2D eigenvalue weighted by molar-refractivity contribution is 9.10.